The highest BCUT2D eigenvalue weighted by molar-refractivity contribution is 9.10. The van der Waals surface area contributed by atoms with Gasteiger partial charge in [0.15, 0.2) is 0 Å². The predicted molar refractivity (Wildman–Crippen MR) is 98.5 cm³/mol. The van der Waals surface area contributed by atoms with E-state index in [1.165, 1.54) is 4.31 Å². The Morgan fingerprint density at radius 2 is 1.92 bits per heavy atom. The molecule has 1 atom stereocenters. The topological polar surface area (TPSA) is 79.4 Å². The molecule has 0 aliphatic carbocycles. The molecule has 3 rings (SSSR count). The Bertz CT molecular complexity index is 841. The van der Waals surface area contributed by atoms with Gasteiger partial charge in [0.2, 0.25) is 15.9 Å². The number of rotatable bonds is 4. The monoisotopic (exact) mass is 423 g/mol. The smallest absolute Gasteiger partial charge is 0.243 e. The number of anilines is 1. The molecule has 0 saturated carbocycles. The van der Waals surface area contributed by atoms with Crippen molar-refractivity contribution in [1.82, 2.24) is 9.29 Å². The highest BCUT2D eigenvalue weighted by Gasteiger charge is 2.37. The van der Waals surface area contributed by atoms with Gasteiger partial charge in [0.05, 0.1) is 4.90 Å². The van der Waals surface area contributed by atoms with Crippen molar-refractivity contribution >= 4 is 37.7 Å². The molecule has 0 spiro atoms. The Hall–Kier alpha value is -1.77. The van der Waals surface area contributed by atoms with Gasteiger partial charge in [-0.15, -0.1) is 0 Å². The normalized spacial score (nSPS) is 18.7. The number of halogens is 1. The van der Waals surface area contributed by atoms with Crippen LogP contribution in [0.15, 0.2) is 58.0 Å². The summed E-state index contributed by atoms with van der Waals surface area (Å²) in [4.78, 5) is 16.9. The van der Waals surface area contributed by atoms with Crippen LogP contribution in [0.2, 0.25) is 0 Å². The third-order valence-corrected chi connectivity index (χ3v) is 6.54. The molecular weight excluding hydrogens is 406 g/mol. The van der Waals surface area contributed by atoms with Gasteiger partial charge >= 0.3 is 0 Å². The van der Waals surface area contributed by atoms with E-state index < -0.39 is 16.1 Å². The van der Waals surface area contributed by atoms with Gasteiger partial charge in [-0.2, -0.15) is 4.31 Å². The van der Waals surface area contributed by atoms with Gasteiger partial charge in [-0.3, -0.25) is 4.79 Å². The largest absolute Gasteiger partial charge is 0.309 e. The predicted octanol–water partition coefficient (Wildman–Crippen LogP) is 3.03. The lowest BCUT2D eigenvalue weighted by atomic mass is 10.0. The molecule has 25 heavy (non-hydrogen) atoms. The van der Waals surface area contributed by atoms with Crippen LogP contribution in [-0.2, 0) is 14.8 Å². The van der Waals surface area contributed by atoms with Crippen LogP contribution in [0.1, 0.15) is 19.3 Å². The van der Waals surface area contributed by atoms with Crippen LogP contribution in [-0.4, -0.2) is 36.2 Å². The summed E-state index contributed by atoms with van der Waals surface area (Å²) < 4.78 is 28.1. The summed E-state index contributed by atoms with van der Waals surface area (Å²) in [6.07, 6.45) is 3.62. The first-order chi connectivity index (χ1) is 12.0. The molecule has 2 aromatic rings. The van der Waals surface area contributed by atoms with Crippen LogP contribution in [0.5, 0.6) is 0 Å². The molecule has 132 valence electrons. The quantitative estimate of drug-likeness (QED) is 0.819. The Labute approximate surface area is 155 Å². The molecule has 0 bridgehead atoms. The maximum absolute atomic E-state index is 13.0. The van der Waals surface area contributed by atoms with E-state index >= 15 is 0 Å². The summed E-state index contributed by atoms with van der Waals surface area (Å²) in [6, 6.07) is 10.9. The van der Waals surface area contributed by atoms with Crippen molar-refractivity contribution in [2.75, 3.05) is 11.9 Å². The van der Waals surface area contributed by atoms with Crippen LogP contribution in [0, 0.1) is 0 Å². The van der Waals surface area contributed by atoms with Crippen LogP contribution in [0.3, 0.4) is 0 Å². The van der Waals surface area contributed by atoms with E-state index in [9.17, 15) is 13.2 Å². The number of sulfonamides is 1. The summed E-state index contributed by atoms with van der Waals surface area (Å²) in [6.45, 7) is 0.332. The van der Waals surface area contributed by atoms with Gasteiger partial charge in [0.1, 0.15) is 11.9 Å². The number of aromatic nitrogens is 1. The average molecular weight is 424 g/mol. The van der Waals surface area contributed by atoms with Crippen molar-refractivity contribution in [2.24, 2.45) is 0 Å². The maximum atomic E-state index is 13.0. The maximum Gasteiger partial charge on any atom is 0.243 e. The fourth-order valence-electron chi connectivity index (χ4n) is 2.84. The van der Waals surface area contributed by atoms with Gasteiger partial charge in [-0.05, 0) is 49.2 Å². The third kappa shape index (κ3) is 4.08. The van der Waals surface area contributed by atoms with Crippen molar-refractivity contribution in [3.8, 4) is 0 Å². The second-order valence-corrected chi connectivity index (χ2v) is 8.59. The summed E-state index contributed by atoms with van der Waals surface area (Å²) in [5, 5.41) is 2.71. The highest BCUT2D eigenvalue weighted by atomic mass is 79.9. The first-order valence-electron chi connectivity index (χ1n) is 7.98. The molecule has 6 nitrogen and oxygen atoms in total. The number of hydrogen-bond donors (Lipinski definition) is 1. The molecule has 1 aromatic carbocycles. The Morgan fingerprint density at radius 3 is 2.60 bits per heavy atom. The summed E-state index contributed by atoms with van der Waals surface area (Å²) in [5.41, 5.74) is 0. The van der Waals surface area contributed by atoms with Gasteiger partial charge in [-0.25, -0.2) is 13.4 Å². The van der Waals surface area contributed by atoms with E-state index in [0.717, 1.165) is 17.3 Å². The Kier molecular flexibility index (Phi) is 5.51. The van der Waals surface area contributed by atoms with Crippen molar-refractivity contribution < 1.29 is 13.2 Å². The number of carbonyl (C=O) groups is 1. The molecule has 0 radical (unpaired) electrons. The van der Waals surface area contributed by atoms with E-state index in [1.54, 1.807) is 48.7 Å². The molecule has 8 heteroatoms. The summed E-state index contributed by atoms with van der Waals surface area (Å²) in [7, 11) is -3.73. The van der Waals surface area contributed by atoms with E-state index in [0.29, 0.717) is 18.8 Å². The second-order valence-electron chi connectivity index (χ2n) is 5.79. The zero-order valence-corrected chi connectivity index (χ0v) is 15.8. The summed E-state index contributed by atoms with van der Waals surface area (Å²) >= 11 is 3.30. The molecule has 1 N–H and O–H groups in total. The minimum atomic E-state index is -3.73. The number of piperidine rings is 1. The highest BCUT2D eigenvalue weighted by Crippen LogP contribution is 2.27. The number of carbonyl (C=O) groups excluding carboxylic acids is 1. The van der Waals surface area contributed by atoms with Crippen molar-refractivity contribution in [3.05, 3.63) is 53.1 Å². The number of hydrogen-bond acceptors (Lipinski definition) is 4. The molecule has 1 aliphatic rings. The number of nitrogens with one attached hydrogen (secondary N) is 1. The van der Waals surface area contributed by atoms with Crippen molar-refractivity contribution in [1.29, 1.82) is 0 Å². The van der Waals surface area contributed by atoms with Gasteiger partial charge in [0.25, 0.3) is 0 Å². The number of nitrogens with zero attached hydrogens (tertiary/aromatic N) is 2. The fourth-order valence-corrected chi connectivity index (χ4v) is 4.76. The van der Waals surface area contributed by atoms with E-state index in [1.807, 2.05) is 0 Å². The second kappa shape index (κ2) is 7.63. The molecule has 2 heterocycles. The van der Waals surface area contributed by atoms with E-state index in [4.69, 9.17) is 0 Å². The number of amides is 1. The van der Waals surface area contributed by atoms with Crippen LogP contribution >= 0.6 is 15.9 Å². The first-order valence-corrected chi connectivity index (χ1v) is 10.2. The molecule has 1 fully saturated rings. The zero-order chi connectivity index (χ0) is 17.9. The minimum absolute atomic E-state index is 0.188. The molecule has 1 aromatic heterocycles. The van der Waals surface area contributed by atoms with E-state index in [-0.39, 0.29) is 10.8 Å². The molecule has 1 aliphatic heterocycles. The molecule has 1 saturated heterocycles. The third-order valence-electron chi connectivity index (χ3n) is 4.09. The van der Waals surface area contributed by atoms with Crippen LogP contribution in [0.4, 0.5) is 5.82 Å². The summed E-state index contributed by atoms with van der Waals surface area (Å²) in [5.74, 6) is 0.0677. The van der Waals surface area contributed by atoms with Crippen molar-refractivity contribution in [2.45, 2.75) is 30.2 Å². The van der Waals surface area contributed by atoms with E-state index in [2.05, 4.69) is 26.2 Å². The zero-order valence-electron chi connectivity index (χ0n) is 13.4. The van der Waals surface area contributed by atoms with Gasteiger partial charge in [-0.1, -0.05) is 28.4 Å². The lowest BCUT2D eigenvalue weighted by Gasteiger charge is -2.33. The molecule has 1 unspecified atom stereocenters. The molecular formula is C17H18BrN3O3S. The number of benzene rings is 1. The van der Waals surface area contributed by atoms with Gasteiger partial charge in [0, 0.05) is 17.2 Å². The average Bonchev–Trinajstić information content (AvgIpc) is 2.63. The SMILES string of the molecule is O=C(Nc1ccccn1)C1CCCCN1S(=O)(=O)c1ccc(Br)cc1. The number of pyridine rings is 1. The Morgan fingerprint density at radius 1 is 1.16 bits per heavy atom. The van der Waals surface area contributed by atoms with Gasteiger partial charge < -0.3 is 5.32 Å². The van der Waals surface area contributed by atoms with Crippen molar-refractivity contribution in [3.63, 3.8) is 0 Å². The lowest BCUT2D eigenvalue weighted by Crippen LogP contribution is -2.49. The van der Waals surface area contributed by atoms with Crippen LogP contribution in [0.25, 0.3) is 0 Å². The Balaban J connectivity index is 1.85. The molecule has 1 amide bonds. The fraction of sp³-hybridized carbons (Fsp3) is 0.294. The van der Waals surface area contributed by atoms with Crippen LogP contribution < -0.4 is 5.32 Å². The lowest BCUT2D eigenvalue weighted by molar-refractivity contribution is -0.120. The standard InChI is InChI=1S/C17H18BrN3O3S/c18-13-7-9-14(10-8-13)25(23,24)21-12-4-2-5-15(21)17(22)20-16-6-1-3-11-19-16/h1,3,6-11,15H,2,4-5,12H2,(H,19,20,22). The first kappa shape index (κ1) is 18.0. The minimum Gasteiger partial charge on any atom is -0.309 e.